The minimum absolute atomic E-state index is 0.000509. The molecule has 0 bridgehead atoms. The summed E-state index contributed by atoms with van der Waals surface area (Å²) in [5.74, 6) is 0.832. The van der Waals surface area contributed by atoms with Gasteiger partial charge in [-0.05, 0) is 26.0 Å². The summed E-state index contributed by atoms with van der Waals surface area (Å²) in [7, 11) is 0. The highest BCUT2D eigenvalue weighted by molar-refractivity contribution is 7.24. The van der Waals surface area contributed by atoms with Gasteiger partial charge in [-0.3, -0.25) is 4.79 Å². The molecule has 0 radical (unpaired) electrons. The van der Waals surface area contributed by atoms with E-state index in [1.54, 1.807) is 11.3 Å². The van der Waals surface area contributed by atoms with E-state index in [1.165, 1.54) is 0 Å². The Kier molecular flexibility index (Phi) is 1.91. The molecule has 0 N–H and O–H groups in total. The number of rotatable bonds is 0. The van der Waals surface area contributed by atoms with E-state index in [0.717, 1.165) is 26.1 Å². The second kappa shape index (κ2) is 3.19. The molecule has 0 saturated carbocycles. The predicted molar refractivity (Wildman–Crippen MR) is 67.3 cm³/mol. The molecule has 2 heterocycles. The fraction of sp³-hybridized carbons (Fsp3) is 0.154. The molecule has 2 nitrogen and oxygen atoms in total. The Morgan fingerprint density at radius 1 is 1.19 bits per heavy atom. The van der Waals surface area contributed by atoms with Gasteiger partial charge in [-0.15, -0.1) is 11.3 Å². The van der Waals surface area contributed by atoms with E-state index in [2.05, 4.69) is 0 Å². The molecule has 0 amide bonds. The van der Waals surface area contributed by atoms with Gasteiger partial charge in [-0.1, -0.05) is 12.1 Å². The largest absolute Gasteiger partial charge is 0.456 e. The molecule has 0 atom stereocenters. The zero-order valence-electron chi connectivity index (χ0n) is 9.03. The van der Waals surface area contributed by atoms with Gasteiger partial charge in [0.1, 0.15) is 5.76 Å². The van der Waals surface area contributed by atoms with Crippen LogP contribution in [0.1, 0.15) is 11.3 Å². The molecule has 3 aromatic rings. The smallest absolute Gasteiger partial charge is 0.231 e. The lowest BCUT2D eigenvalue weighted by Gasteiger charge is -1.95. The standard InChI is InChI=1S/C13H10O2S/c1-7-8(2)15-12-11(14)9-5-3-4-6-10(9)16-13(7)12/h3-6H,1-2H3. The summed E-state index contributed by atoms with van der Waals surface area (Å²) < 4.78 is 7.53. The number of furan rings is 1. The van der Waals surface area contributed by atoms with Crippen LogP contribution < -0.4 is 5.43 Å². The molecule has 16 heavy (non-hydrogen) atoms. The number of benzene rings is 1. The summed E-state index contributed by atoms with van der Waals surface area (Å²) in [5.41, 5.74) is 1.57. The van der Waals surface area contributed by atoms with Gasteiger partial charge >= 0.3 is 0 Å². The van der Waals surface area contributed by atoms with Crippen LogP contribution in [0.2, 0.25) is 0 Å². The van der Waals surface area contributed by atoms with Crippen LogP contribution in [-0.2, 0) is 0 Å². The summed E-state index contributed by atoms with van der Waals surface area (Å²) in [6.07, 6.45) is 0. The third-order valence-corrected chi connectivity index (χ3v) is 4.15. The number of hydrogen-bond acceptors (Lipinski definition) is 3. The first kappa shape index (κ1) is 9.60. The van der Waals surface area contributed by atoms with E-state index in [-0.39, 0.29) is 5.43 Å². The van der Waals surface area contributed by atoms with Crippen LogP contribution >= 0.6 is 11.3 Å². The van der Waals surface area contributed by atoms with Crippen molar-refractivity contribution in [2.75, 3.05) is 0 Å². The summed E-state index contributed by atoms with van der Waals surface area (Å²) in [4.78, 5) is 12.2. The highest BCUT2D eigenvalue weighted by Crippen LogP contribution is 2.30. The molecular formula is C13H10O2S. The second-order valence-corrected chi connectivity index (χ2v) is 4.92. The Balaban J connectivity index is 2.66. The fourth-order valence-corrected chi connectivity index (χ4v) is 3.02. The van der Waals surface area contributed by atoms with E-state index >= 15 is 0 Å². The molecule has 3 heteroatoms. The van der Waals surface area contributed by atoms with Gasteiger partial charge in [0.25, 0.3) is 0 Å². The molecule has 0 aliphatic carbocycles. The first-order chi connectivity index (χ1) is 7.68. The van der Waals surface area contributed by atoms with Crippen molar-refractivity contribution >= 4 is 31.7 Å². The third kappa shape index (κ3) is 1.15. The molecule has 0 spiro atoms. The maximum absolute atomic E-state index is 12.2. The summed E-state index contributed by atoms with van der Waals surface area (Å²) in [6.45, 7) is 3.89. The van der Waals surface area contributed by atoms with Crippen LogP contribution in [-0.4, -0.2) is 0 Å². The van der Waals surface area contributed by atoms with Crippen molar-refractivity contribution in [3.63, 3.8) is 0 Å². The maximum Gasteiger partial charge on any atom is 0.231 e. The monoisotopic (exact) mass is 230 g/mol. The van der Waals surface area contributed by atoms with Crippen LogP contribution in [0.3, 0.4) is 0 Å². The average Bonchev–Trinajstić information content (AvgIpc) is 2.58. The van der Waals surface area contributed by atoms with E-state index in [9.17, 15) is 4.79 Å². The zero-order chi connectivity index (χ0) is 11.3. The van der Waals surface area contributed by atoms with Crippen LogP contribution in [0, 0.1) is 13.8 Å². The first-order valence-electron chi connectivity index (χ1n) is 5.10. The molecule has 0 saturated heterocycles. The predicted octanol–water partition coefficient (Wildman–Crippen LogP) is 3.62. The number of hydrogen-bond donors (Lipinski definition) is 0. The third-order valence-electron chi connectivity index (χ3n) is 2.88. The average molecular weight is 230 g/mol. The molecule has 0 fully saturated rings. The van der Waals surface area contributed by atoms with Crippen molar-refractivity contribution in [2.45, 2.75) is 13.8 Å². The summed E-state index contributed by atoms with van der Waals surface area (Å²) in [5, 5.41) is 0.744. The lowest BCUT2D eigenvalue weighted by atomic mass is 10.2. The molecule has 80 valence electrons. The lowest BCUT2D eigenvalue weighted by Crippen LogP contribution is -1.98. The molecule has 2 aromatic heterocycles. The number of fused-ring (bicyclic) bond motifs is 2. The van der Waals surface area contributed by atoms with Crippen molar-refractivity contribution in [1.82, 2.24) is 0 Å². The van der Waals surface area contributed by atoms with E-state index in [4.69, 9.17) is 4.42 Å². The Hall–Kier alpha value is -1.61. The lowest BCUT2D eigenvalue weighted by molar-refractivity contribution is 0.573. The van der Waals surface area contributed by atoms with Crippen LogP contribution in [0.25, 0.3) is 20.4 Å². The van der Waals surface area contributed by atoms with Crippen molar-refractivity contribution in [2.24, 2.45) is 0 Å². The van der Waals surface area contributed by atoms with Crippen LogP contribution in [0.15, 0.2) is 33.5 Å². The van der Waals surface area contributed by atoms with Gasteiger partial charge in [-0.2, -0.15) is 0 Å². The maximum atomic E-state index is 12.2. The van der Waals surface area contributed by atoms with Crippen LogP contribution in [0.5, 0.6) is 0 Å². The van der Waals surface area contributed by atoms with Gasteiger partial charge in [0, 0.05) is 15.6 Å². The quantitative estimate of drug-likeness (QED) is 0.590. The van der Waals surface area contributed by atoms with E-state index in [1.807, 2.05) is 38.1 Å². The molecule has 0 unspecified atom stereocenters. The second-order valence-electron chi connectivity index (χ2n) is 3.87. The first-order valence-corrected chi connectivity index (χ1v) is 5.91. The normalized spacial score (nSPS) is 11.4. The SMILES string of the molecule is Cc1oc2c(=O)c3ccccc3sc2c1C. The Morgan fingerprint density at radius 3 is 2.75 bits per heavy atom. The van der Waals surface area contributed by atoms with Crippen molar-refractivity contribution < 1.29 is 4.42 Å². The van der Waals surface area contributed by atoms with Crippen molar-refractivity contribution in [3.05, 3.63) is 45.8 Å². The highest BCUT2D eigenvalue weighted by atomic mass is 32.1. The van der Waals surface area contributed by atoms with Gasteiger partial charge in [-0.25, -0.2) is 0 Å². The molecule has 0 aliphatic heterocycles. The molecule has 0 aliphatic rings. The van der Waals surface area contributed by atoms with Gasteiger partial charge < -0.3 is 4.42 Å². The van der Waals surface area contributed by atoms with Crippen LogP contribution in [0.4, 0.5) is 0 Å². The zero-order valence-corrected chi connectivity index (χ0v) is 9.85. The Morgan fingerprint density at radius 2 is 1.94 bits per heavy atom. The minimum atomic E-state index is 0.000509. The molecule has 3 rings (SSSR count). The summed E-state index contributed by atoms with van der Waals surface area (Å²) in [6, 6.07) is 7.65. The Labute approximate surface area is 96.1 Å². The number of aryl methyl sites for hydroxylation is 2. The van der Waals surface area contributed by atoms with Gasteiger partial charge in [0.05, 0.1) is 4.70 Å². The van der Waals surface area contributed by atoms with Crippen molar-refractivity contribution in [1.29, 1.82) is 0 Å². The molecule has 1 aromatic carbocycles. The van der Waals surface area contributed by atoms with Gasteiger partial charge in [0.15, 0.2) is 5.58 Å². The topological polar surface area (TPSA) is 30.2 Å². The summed E-state index contributed by atoms with van der Waals surface area (Å²) >= 11 is 1.62. The van der Waals surface area contributed by atoms with E-state index in [0.29, 0.717) is 5.58 Å². The molecular weight excluding hydrogens is 220 g/mol. The minimum Gasteiger partial charge on any atom is -0.456 e. The van der Waals surface area contributed by atoms with Gasteiger partial charge in [0.2, 0.25) is 5.43 Å². The fourth-order valence-electron chi connectivity index (χ4n) is 1.85. The Bertz CT molecular complexity index is 750. The van der Waals surface area contributed by atoms with Crippen molar-refractivity contribution in [3.8, 4) is 0 Å². The van der Waals surface area contributed by atoms with E-state index < -0.39 is 0 Å². The highest BCUT2D eigenvalue weighted by Gasteiger charge is 2.13.